The standard InChI is InChI=1S/C71H114N2O16Si2/c1-17-90(18-2,19-3)88-60-38-32-54(43-63(60)83-15)42-50(10)62-44-55(45-64(74)85-57-36-33-56(34-37-57)73(80)81)49(9)41-52(12)66(89-91(20-4,21-5)22-6)67(84-16)65(75)51(11)40-47(7)28-24-23-25-29-48(8)61(82-14)46-58-35-31-53(13)71(79,87-58)68(76)69(77)72-39-27-26-30-59(72)70(78)86-62/h23-25,28-29,33-34,36-37,41,47,49-51,53-55,58-63,66-67,79H,17-22,26-27,30-32,35,38-40,42-46H2,1-16H3/b25-23+,28-24+,48-29+,52-41+/t47-,49-,50-,51-,53-,54+,55+,58+,59+,60-,61+,62+,63-,66-,67+,71-/m1/s1. The molecule has 1 aromatic carbocycles. The van der Waals surface area contributed by atoms with Crippen LogP contribution in [0.3, 0.4) is 0 Å². The van der Waals surface area contributed by atoms with Gasteiger partial charge in [0.2, 0.25) is 5.79 Å². The van der Waals surface area contributed by atoms with Crippen LogP contribution in [0.15, 0.2) is 71.9 Å². The number of carbonyl (C=O) groups excluding carboxylic acids is 5. The van der Waals surface area contributed by atoms with Crippen molar-refractivity contribution in [2.45, 2.75) is 264 Å². The number of benzene rings is 1. The van der Waals surface area contributed by atoms with E-state index in [0.717, 1.165) is 66.7 Å². The molecule has 18 nitrogen and oxygen atoms in total. The van der Waals surface area contributed by atoms with E-state index in [1.165, 1.54) is 29.2 Å². The van der Waals surface area contributed by atoms with Gasteiger partial charge in [-0.1, -0.05) is 113 Å². The molecule has 16 atom stereocenters. The molecule has 1 aromatic rings. The molecule has 20 heteroatoms. The minimum absolute atomic E-state index is 0.0101. The van der Waals surface area contributed by atoms with Crippen molar-refractivity contribution >= 4 is 51.7 Å². The third kappa shape index (κ3) is 20.7. The molecule has 3 fully saturated rings. The number of piperidine rings is 1. The van der Waals surface area contributed by atoms with Crippen LogP contribution in [0.4, 0.5) is 5.69 Å². The van der Waals surface area contributed by atoms with E-state index in [1.54, 1.807) is 28.3 Å². The number of nitrogens with zero attached hydrogens (tertiary/aromatic N) is 2. The van der Waals surface area contributed by atoms with Crippen LogP contribution in [0, 0.1) is 51.5 Å². The van der Waals surface area contributed by atoms with Crippen LogP contribution in [-0.4, -0.2) is 143 Å². The van der Waals surface area contributed by atoms with E-state index < -0.39 is 111 Å². The lowest BCUT2D eigenvalue weighted by Gasteiger charge is -2.43. The van der Waals surface area contributed by atoms with Crippen molar-refractivity contribution in [3.05, 3.63) is 82.0 Å². The second-order valence-corrected chi connectivity index (χ2v) is 36.5. The lowest BCUT2D eigenvalue weighted by Crippen LogP contribution is -2.61. The first-order chi connectivity index (χ1) is 43.2. The fourth-order valence-corrected chi connectivity index (χ4v) is 20.2. The number of hydrogen-bond acceptors (Lipinski definition) is 16. The Morgan fingerprint density at radius 3 is 2.01 bits per heavy atom. The molecule has 91 heavy (non-hydrogen) atoms. The number of methoxy groups -OCH3 is 3. The highest BCUT2D eigenvalue weighted by atomic mass is 28.4. The summed E-state index contributed by atoms with van der Waals surface area (Å²) in [7, 11) is 0.445. The first-order valence-electron chi connectivity index (χ1n) is 34.3. The van der Waals surface area contributed by atoms with Crippen LogP contribution in [-0.2, 0) is 56.5 Å². The van der Waals surface area contributed by atoms with Gasteiger partial charge in [0.05, 0.1) is 35.4 Å². The predicted octanol–water partition coefficient (Wildman–Crippen LogP) is 14.2. The van der Waals surface area contributed by atoms with Gasteiger partial charge in [0.25, 0.3) is 17.4 Å². The molecular formula is C71H114N2O16Si2. The number of nitro benzene ring substituents is 1. The van der Waals surface area contributed by atoms with E-state index in [4.69, 9.17) is 37.3 Å². The van der Waals surface area contributed by atoms with Crippen molar-refractivity contribution in [2.24, 2.45) is 41.4 Å². The van der Waals surface area contributed by atoms with E-state index in [9.17, 15) is 34.4 Å². The van der Waals surface area contributed by atoms with Crippen molar-refractivity contribution in [1.82, 2.24) is 4.90 Å². The number of hydrogen-bond donors (Lipinski definition) is 1. The Bertz CT molecular complexity index is 2640. The second kappa shape index (κ2) is 36.4. The zero-order chi connectivity index (χ0) is 67.4. The minimum atomic E-state index is -2.47. The Kier molecular flexibility index (Phi) is 30.9. The monoisotopic (exact) mass is 1310 g/mol. The van der Waals surface area contributed by atoms with Crippen LogP contribution < -0.4 is 4.74 Å². The van der Waals surface area contributed by atoms with Crippen molar-refractivity contribution < 1.29 is 71.3 Å². The zero-order valence-electron chi connectivity index (χ0n) is 58.0. The number of cyclic esters (lactones) is 1. The summed E-state index contributed by atoms with van der Waals surface area (Å²) < 4.78 is 52.0. The lowest BCUT2D eigenvalue weighted by molar-refractivity contribution is -0.384. The van der Waals surface area contributed by atoms with Crippen molar-refractivity contribution in [3.63, 3.8) is 0 Å². The van der Waals surface area contributed by atoms with E-state index in [2.05, 4.69) is 67.5 Å². The highest BCUT2D eigenvalue weighted by molar-refractivity contribution is 6.74. The average Bonchev–Trinajstić information content (AvgIpc) is 0.816. The maximum Gasteiger partial charge on any atom is 0.329 e. The van der Waals surface area contributed by atoms with Crippen LogP contribution in [0.5, 0.6) is 5.75 Å². The van der Waals surface area contributed by atoms with Crippen LogP contribution in [0.1, 0.15) is 173 Å². The highest BCUT2D eigenvalue weighted by Gasteiger charge is 2.53. The SMILES string of the molecule is CC[Si](CC)(CC)O[C@@H]1/C(C)=C/[C@@H](C)[C@H](CC(=O)Oc2ccc([N+](=O)[O-])cc2)C[C@@H]([C@H](C)C[C@@H]2CC[C@@H](O[Si](CC)(CC)CC)[C@H](OC)C2)OC(=O)[C@@H]2CCCCN2C(=O)C(=O)[C@]2(O)O[C@@H](CC[C@H]2C)C[C@H](OC)/C(C)=C/C=C/C=C/[C@@H](C)C[C@@H](C)C(=O)[C@@H]1OC. The molecule has 512 valence electrons. The number of ether oxygens (including phenoxy) is 6. The van der Waals surface area contributed by atoms with Gasteiger partial charge in [-0.25, -0.2) is 4.79 Å². The Morgan fingerprint density at radius 1 is 0.758 bits per heavy atom. The number of aliphatic hydroxyl groups is 1. The molecular weight excluding hydrogens is 1190 g/mol. The Labute approximate surface area is 546 Å². The van der Waals surface area contributed by atoms with Crippen LogP contribution in [0.25, 0.3) is 0 Å². The van der Waals surface area contributed by atoms with Crippen molar-refractivity contribution in [3.8, 4) is 5.75 Å². The number of nitro groups is 1. The minimum Gasteiger partial charge on any atom is -0.461 e. The predicted molar refractivity (Wildman–Crippen MR) is 359 cm³/mol. The molecule has 5 rings (SSSR count). The van der Waals surface area contributed by atoms with Crippen molar-refractivity contribution in [2.75, 3.05) is 27.9 Å². The molecule has 1 amide bonds. The van der Waals surface area contributed by atoms with E-state index in [-0.39, 0.29) is 73.0 Å². The summed E-state index contributed by atoms with van der Waals surface area (Å²) in [6.07, 6.45) is 14.0. The number of allylic oxidation sites excluding steroid dienone is 6. The fraction of sp³-hybridized carbons (Fsp3) is 0.732. The molecule has 0 radical (unpaired) electrons. The number of non-ortho nitro benzene ring substituents is 1. The van der Waals surface area contributed by atoms with Gasteiger partial charge in [0, 0.05) is 64.7 Å². The molecule has 2 saturated heterocycles. The highest BCUT2D eigenvalue weighted by Crippen LogP contribution is 2.41. The van der Waals surface area contributed by atoms with Gasteiger partial charge in [-0.05, 0) is 174 Å². The molecule has 4 aliphatic rings. The molecule has 0 unspecified atom stereocenters. The van der Waals surface area contributed by atoms with Gasteiger partial charge in [-0.15, -0.1) is 0 Å². The largest absolute Gasteiger partial charge is 0.461 e. The van der Waals surface area contributed by atoms with Gasteiger partial charge >= 0.3 is 11.9 Å². The molecule has 3 heterocycles. The number of fused-ring (bicyclic) bond motifs is 3. The number of rotatable bonds is 20. The lowest BCUT2D eigenvalue weighted by atomic mass is 9.76. The summed E-state index contributed by atoms with van der Waals surface area (Å²) in [5.41, 5.74) is 1.47. The Balaban J connectivity index is 1.67. The van der Waals surface area contributed by atoms with E-state index in [1.807, 2.05) is 52.0 Å². The smallest absolute Gasteiger partial charge is 0.329 e. The first-order valence-corrected chi connectivity index (χ1v) is 39.4. The number of Topliss-reactive ketones (excluding diaryl/α,β-unsaturated/α-hetero) is 2. The number of amides is 1. The maximum atomic E-state index is 15.3. The molecule has 2 bridgehead atoms. The molecule has 1 N–H and O–H groups in total. The quantitative estimate of drug-likeness (QED) is 0.0244. The zero-order valence-corrected chi connectivity index (χ0v) is 60.0. The molecule has 3 aliphatic heterocycles. The Morgan fingerprint density at radius 2 is 1.41 bits per heavy atom. The molecule has 1 aliphatic carbocycles. The number of carbonyl (C=O) groups is 5. The van der Waals surface area contributed by atoms with Gasteiger partial charge in [-0.3, -0.25) is 29.3 Å². The summed E-state index contributed by atoms with van der Waals surface area (Å²) in [6.45, 7) is 26.8. The Hall–Kier alpha value is -4.52. The first kappa shape index (κ1) is 77.2. The van der Waals surface area contributed by atoms with Gasteiger partial charge < -0.3 is 47.3 Å². The third-order valence-corrected chi connectivity index (χ3v) is 30.4. The normalized spacial score (nSPS) is 33.3. The summed E-state index contributed by atoms with van der Waals surface area (Å²) in [4.78, 5) is 86.7. The van der Waals surface area contributed by atoms with Gasteiger partial charge in [0.15, 0.2) is 22.4 Å². The summed E-state index contributed by atoms with van der Waals surface area (Å²) in [6, 6.07) is 9.60. The average molecular weight is 1310 g/mol. The second-order valence-electron chi connectivity index (χ2n) is 27.1. The van der Waals surface area contributed by atoms with Gasteiger partial charge in [-0.2, -0.15) is 0 Å². The number of ketones is 2. The van der Waals surface area contributed by atoms with E-state index >= 15 is 4.79 Å². The summed E-state index contributed by atoms with van der Waals surface area (Å²) in [5.74, 6) is -8.29. The number of esters is 2. The van der Waals surface area contributed by atoms with Crippen molar-refractivity contribution in [1.29, 1.82) is 0 Å². The fourth-order valence-electron chi connectivity index (χ4n) is 14.5. The maximum absolute atomic E-state index is 15.3. The summed E-state index contributed by atoms with van der Waals surface area (Å²) in [5, 5.41) is 23.9. The molecule has 1 saturated carbocycles. The third-order valence-electron chi connectivity index (χ3n) is 21.2. The van der Waals surface area contributed by atoms with E-state index in [0.29, 0.717) is 44.9 Å². The van der Waals surface area contributed by atoms with Crippen LogP contribution in [0.2, 0.25) is 36.3 Å². The molecule has 0 aromatic heterocycles. The summed E-state index contributed by atoms with van der Waals surface area (Å²) >= 11 is 0. The molecule has 0 spiro atoms. The topological polar surface area (TPSA) is 226 Å². The van der Waals surface area contributed by atoms with Gasteiger partial charge in [0.1, 0.15) is 24.0 Å². The van der Waals surface area contributed by atoms with Crippen LogP contribution >= 0.6 is 0 Å².